The van der Waals surface area contributed by atoms with Crippen LogP contribution in [0.3, 0.4) is 0 Å². The van der Waals surface area contributed by atoms with E-state index in [1.54, 1.807) is 18.2 Å². The minimum absolute atomic E-state index is 0.125. The second-order valence-electron chi connectivity index (χ2n) is 5.58. The second kappa shape index (κ2) is 7.56. The van der Waals surface area contributed by atoms with E-state index in [4.69, 9.17) is 14.2 Å². The van der Waals surface area contributed by atoms with Crippen LogP contribution in [0.1, 0.15) is 21.5 Å². The molecule has 0 radical (unpaired) electrons. The molecule has 1 aliphatic rings. The number of ether oxygens (including phenoxy) is 3. The smallest absolute Gasteiger partial charge is 0.417 e. The predicted molar refractivity (Wildman–Crippen MR) is 86.1 cm³/mol. The van der Waals surface area contributed by atoms with Crippen LogP contribution < -0.4 is 14.8 Å². The Bertz CT molecular complexity index is 866. The van der Waals surface area contributed by atoms with Crippen molar-refractivity contribution in [3.05, 3.63) is 59.2 Å². The zero-order valence-corrected chi connectivity index (χ0v) is 13.8. The van der Waals surface area contributed by atoms with Crippen molar-refractivity contribution in [1.29, 1.82) is 0 Å². The molecule has 0 aliphatic carbocycles. The zero-order valence-electron chi connectivity index (χ0n) is 13.8. The van der Waals surface area contributed by atoms with Gasteiger partial charge in [0.2, 0.25) is 6.79 Å². The molecule has 142 valence electrons. The van der Waals surface area contributed by atoms with E-state index in [-0.39, 0.29) is 13.3 Å². The number of nitrogens with one attached hydrogen (secondary N) is 1. The lowest BCUT2D eigenvalue weighted by atomic mass is 10.1. The molecule has 9 heteroatoms. The van der Waals surface area contributed by atoms with Crippen molar-refractivity contribution in [3.8, 4) is 11.5 Å². The molecule has 1 aliphatic heterocycles. The van der Waals surface area contributed by atoms with Gasteiger partial charge in [-0.1, -0.05) is 18.2 Å². The van der Waals surface area contributed by atoms with Gasteiger partial charge in [0, 0.05) is 6.54 Å². The van der Waals surface area contributed by atoms with Crippen LogP contribution in [0.2, 0.25) is 0 Å². The van der Waals surface area contributed by atoms with Crippen molar-refractivity contribution < 1.29 is 37.0 Å². The van der Waals surface area contributed by atoms with E-state index < -0.39 is 35.8 Å². The van der Waals surface area contributed by atoms with Gasteiger partial charge >= 0.3 is 12.1 Å². The normalized spacial score (nSPS) is 12.6. The fraction of sp³-hybridized carbons (Fsp3) is 0.222. The number of carbonyl (C=O) groups excluding carboxylic acids is 2. The quantitative estimate of drug-likeness (QED) is 0.807. The Kier molecular flexibility index (Phi) is 5.20. The highest BCUT2D eigenvalue weighted by Crippen LogP contribution is 2.33. The second-order valence-corrected chi connectivity index (χ2v) is 5.58. The van der Waals surface area contributed by atoms with Gasteiger partial charge in [-0.3, -0.25) is 4.79 Å². The van der Waals surface area contributed by atoms with Crippen LogP contribution in [0, 0.1) is 0 Å². The molecular weight excluding hydrogens is 367 g/mol. The lowest BCUT2D eigenvalue weighted by Gasteiger charge is -2.12. The molecule has 1 heterocycles. The molecule has 2 aromatic carbocycles. The van der Waals surface area contributed by atoms with Crippen LogP contribution >= 0.6 is 0 Å². The average Bonchev–Trinajstić information content (AvgIpc) is 3.11. The highest BCUT2D eigenvalue weighted by atomic mass is 19.4. The number of amides is 1. The summed E-state index contributed by atoms with van der Waals surface area (Å²) in [6.45, 7) is -0.442. The van der Waals surface area contributed by atoms with Crippen LogP contribution in [0.15, 0.2) is 42.5 Å². The maximum Gasteiger partial charge on any atom is 0.417 e. The number of hydrogen-bond donors (Lipinski definition) is 1. The third kappa shape index (κ3) is 4.49. The van der Waals surface area contributed by atoms with Crippen molar-refractivity contribution >= 4 is 11.9 Å². The summed E-state index contributed by atoms with van der Waals surface area (Å²) in [7, 11) is 0. The minimum Gasteiger partial charge on any atom is -0.454 e. The van der Waals surface area contributed by atoms with E-state index in [1.165, 1.54) is 6.07 Å². The van der Waals surface area contributed by atoms with E-state index in [1.807, 2.05) is 0 Å². The van der Waals surface area contributed by atoms with Gasteiger partial charge in [0.1, 0.15) is 0 Å². The molecule has 0 saturated carbocycles. The number of halogens is 3. The van der Waals surface area contributed by atoms with Crippen molar-refractivity contribution in [2.75, 3.05) is 13.4 Å². The van der Waals surface area contributed by atoms with Gasteiger partial charge in [0.15, 0.2) is 18.1 Å². The van der Waals surface area contributed by atoms with E-state index >= 15 is 0 Å². The van der Waals surface area contributed by atoms with E-state index in [0.29, 0.717) is 11.5 Å². The molecule has 1 amide bonds. The SMILES string of the molecule is O=C(COC(=O)c1ccccc1C(F)(F)F)NCc1ccc2c(c1)OCO2. The van der Waals surface area contributed by atoms with Gasteiger partial charge in [0.05, 0.1) is 11.1 Å². The van der Waals surface area contributed by atoms with E-state index in [9.17, 15) is 22.8 Å². The fourth-order valence-corrected chi connectivity index (χ4v) is 2.42. The Hall–Kier alpha value is -3.23. The van der Waals surface area contributed by atoms with Gasteiger partial charge in [-0.05, 0) is 29.8 Å². The van der Waals surface area contributed by atoms with E-state index in [0.717, 1.165) is 23.8 Å². The number of esters is 1. The summed E-state index contributed by atoms with van der Waals surface area (Å²) in [6.07, 6.45) is -4.70. The van der Waals surface area contributed by atoms with Crippen LogP contribution in [0.4, 0.5) is 13.2 Å². The Morgan fingerprint density at radius 1 is 1.07 bits per heavy atom. The first-order valence-corrected chi connectivity index (χ1v) is 7.83. The summed E-state index contributed by atoms with van der Waals surface area (Å²) < 4.78 is 53.8. The summed E-state index contributed by atoms with van der Waals surface area (Å²) in [5.74, 6) is -0.717. The molecular formula is C18H14F3NO5. The number of benzene rings is 2. The number of rotatable bonds is 5. The molecule has 0 saturated heterocycles. The highest BCUT2D eigenvalue weighted by Gasteiger charge is 2.35. The van der Waals surface area contributed by atoms with Gasteiger partial charge in [-0.25, -0.2) is 4.79 Å². The summed E-state index contributed by atoms with van der Waals surface area (Å²) in [4.78, 5) is 23.7. The molecule has 0 bridgehead atoms. The molecule has 3 rings (SSSR count). The molecule has 1 N–H and O–H groups in total. The van der Waals surface area contributed by atoms with Gasteiger partial charge in [-0.2, -0.15) is 13.2 Å². The molecule has 0 spiro atoms. The lowest BCUT2D eigenvalue weighted by Crippen LogP contribution is -2.28. The lowest BCUT2D eigenvalue weighted by molar-refractivity contribution is -0.138. The number of hydrogen-bond acceptors (Lipinski definition) is 5. The third-order valence-corrected chi connectivity index (χ3v) is 3.71. The molecule has 27 heavy (non-hydrogen) atoms. The first-order chi connectivity index (χ1) is 12.8. The maximum atomic E-state index is 12.9. The topological polar surface area (TPSA) is 73.9 Å². The standard InChI is InChI=1S/C18H14F3NO5/c19-18(20,21)13-4-2-1-3-12(13)17(24)25-9-16(23)22-8-11-5-6-14-15(7-11)27-10-26-14/h1-7H,8-10H2,(H,22,23). The van der Waals surface area contributed by atoms with Crippen molar-refractivity contribution in [2.45, 2.75) is 12.7 Å². The fourth-order valence-electron chi connectivity index (χ4n) is 2.42. The molecule has 6 nitrogen and oxygen atoms in total. The molecule has 2 aromatic rings. The zero-order chi connectivity index (χ0) is 19.4. The predicted octanol–water partition coefficient (Wildman–Crippen LogP) is 2.91. The number of alkyl halides is 3. The monoisotopic (exact) mass is 381 g/mol. The minimum atomic E-state index is -4.70. The van der Waals surface area contributed by atoms with Crippen molar-refractivity contribution in [3.63, 3.8) is 0 Å². The molecule has 0 atom stereocenters. The molecule has 0 unspecified atom stereocenters. The third-order valence-electron chi connectivity index (χ3n) is 3.71. The van der Waals surface area contributed by atoms with E-state index in [2.05, 4.69) is 5.32 Å². The van der Waals surface area contributed by atoms with Crippen LogP contribution in [-0.2, 0) is 22.3 Å². The number of fused-ring (bicyclic) bond motifs is 1. The summed E-state index contributed by atoms with van der Waals surface area (Å²) in [6, 6.07) is 9.32. The van der Waals surface area contributed by atoms with Crippen LogP contribution in [0.5, 0.6) is 11.5 Å². The average molecular weight is 381 g/mol. The Labute approximate surface area is 151 Å². The first-order valence-electron chi connectivity index (χ1n) is 7.83. The maximum absolute atomic E-state index is 12.9. The van der Waals surface area contributed by atoms with Crippen LogP contribution in [-0.4, -0.2) is 25.3 Å². The Morgan fingerprint density at radius 3 is 2.59 bits per heavy atom. The van der Waals surface area contributed by atoms with Gasteiger partial charge in [0.25, 0.3) is 5.91 Å². The van der Waals surface area contributed by atoms with Crippen molar-refractivity contribution in [2.24, 2.45) is 0 Å². The number of carbonyl (C=O) groups is 2. The first kappa shape index (κ1) is 18.6. The summed E-state index contributed by atoms with van der Waals surface area (Å²) in [5.41, 5.74) is -1.04. The Balaban J connectivity index is 1.53. The van der Waals surface area contributed by atoms with Gasteiger partial charge in [-0.15, -0.1) is 0 Å². The van der Waals surface area contributed by atoms with Gasteiger partial charge < -0.3 is 19.5 Å². The summed E-state index contributed by atoms with van der Waals surface area (Å²) >= 11 is 0. The Morgan fingerprint density at radius 2 is 1.81 bits per heavy atom. The summed E-state index contributed by atoms with van der Waals surface area (Å²) in [5, 5.41) is 2.51. The molecule has 0 fully saturated rings. The van der Waals surface area contributed by atoms with Crippen LogP contribution in [0.25, 0.3) is 0 Å². The van der Waals surface area contributed by atoms with Crippen molar-refractivity contribution in [1.82, 2.24) is 5.32 Å². The molecule has 0 aromatic heterocycles. The largest absolute Gasteiger partial charge is 0.454 e. The highest BCUT2D eigenvalue weighted by molar-refractivity contribution is 5.93.